The van der Waals surface area contributed by atoms with Crippen molar-refractivity contribution in [2.45, 2.75) is 13.3 Å². The zero-order valence-corrected chi connectivity index (χ0v) is 17.8. The van der Waals surface area contributed by atoms with Gasteiger partial charge in [0.1, 0.15) is 12.4 Å². The van der Waals surface area contributed by atoms with Crippen LogP contribution >= 0.6 is 0 Å². The van der Waals surface area contributed by atoms with Gasteiger partial charge in [0.2, 0.25) is 10.0 Å². The lowest BCUT2D eigenvalue weighted by molar-refractivity contribution is -0.132. The Morgan fingerprint density at radius 3 is 2.43 bits per heavy atom. The highest BCUT2D eigenvalue weighted by molar-refractivity contribution is 7.92. The van der Waals surface area contributed by atoms with Crippen LogP contribution in [0.3, 0.4) is 0 Å². The number of hydrogen-bond acceptors (Lipinski definition) is 5. The minimum atomic E-state index is -3.53. The second kappa shape index (κ2) is 9.32. The smallest absolute Gasteiger partial charge is 0.331 e. The van der Waals surface area contributed by atoms with Crippen LogP contribution in [0.25, 0.3) is 17.2 Å². The summed E-state index contributed by atoms with van der Waals surface area (Å²) in [5.74, 6) is -0.320. The number of anilines is 1. The number of carbonyl (C=O) groups is 1. The maximum Gasteiger partial charge on any atom is 0.331 e. The predicted molar refractivity (Wildman–Crippen MR) is 116 cm³/mol. The Balaban J connectivity index is 1.91. The lowest BCUT2D eigenvalue weighted by Crippen LogP contribution is -2.31. The number of carboxylic acids is 1. The Hall–Kier alpha value is -2.84. The third-order valence-corrected chi connectivity index (χ3v) is 5.95. The molecular formula is C22H25NO6S. The fourth-order valence-corrected chi connectivity index (χ4v) is 4.25. The zero-order valence-electron chi connectivity index (χ0n) is 17.0. The largest absolute Gasteiger partial charge is 0.491 e. The van der Waals surface area contributed by atoms with Gasteiger partial charge in [-0.2, -0.15) is 0 Å². The number of sulfonamides is 1. The molecule has 0 saturated heterocycles. The third kappa shape index (κ3) is 5.20. The molecule has 0 amide bonds. The maximum atomic E-state index is 12.2. The molecule has 0 radical (unpaired) electrons. The van der Waals surface area contributed by atoms with E-state index in [1.54, 1.807) is 12.1 Å². The molecule has 0 aliphatic carbocycles. The van der Waals surface area contributed by atoms with Crippen molar-refractivity contribution < 1.29 is 27.8 Å². The predicted octanol–water partition coefficient (Wildman–Crippen LogP) is 3.41. The van der Waals surface area contributed by atoms with Crippen LogP contribution in [-0.4, -0.2) is 52.1 Å². The average Bonchev–Trinajstić information content (AvgIpc) is 2.91. The monoisotopic (exact) mass is 431 g/mol. The molecule has 3 rings (SSSR count). The lowest BCUT2D eigenvalue weighted by atomic mass is 10.0. The summed E-state index contributed by atoms with van der Waals surface area (Å²) in [6, 6.07) is 12.9. The van der Waals surface area contributed by atoms with E-state index in [0.29, 0.717) is 31.1 Å². The molecule has 0 unspecified atom stereocenters. The van der Waals surface area contributed by atoms with Crippen LogP contribution in [0.15, 0.2) is 48.0 Å². The highest BCUT2D eigenvalue weighted by Crippen LogP contribution is 2.34. The van der Waals surface area contributed by atoms with Gasteiger partial charge in [-0.3, -0.25) is 4.31 Å². The van der Waals surface area contributed by atoms with Gasteiger partial charge >= 0.3 is 5.97 Å². The van der Waals surface area contributed by atoms with Gasteiger partial charge < -0.3 is 14.6 Å². The van der Waals surface area contributed by atoms with Gasteiger partial charge in [-0.05, 0) is 60.4 Å². The maximum absolute atomic E-state index is 12.2. The molecule has 2 aromatic rings. The van der Waals surface area contributed by atoms with Crippen LogP contribution in [-0.2, 0) is 19.6 Å². The molecule has 1 heterocycles. The fraction of sp³-hybridized carbons (Fsp3) is 0.318. The van der Waals surface area contributed by atoms with Gasteiger partial charge in [-0.25, -0.2) is 13.2 Å². The molecule has 2 aromatic carbocycles. The standard InChI is InChI=1S/C22H25NO6S/c1-3-28-12-13-29-20-7-4-16(5-8-20)17-6-9-21-19(14-17)15-18(22(24)25)10-11-23(21)30(2,26)27/h4-9,14-15H,3,10-13H2,1-2H3,(H,24,25). The zero-order chi connectivity index (χ0) is 21.7. The van der Waals surface area contributed by atoms with Gasteiger partial charge in [-0.1, -0.05) is 18.2 Å². The van der Waals surface area contributed by atoms with Crippen molar-refractivity contribution in [1.82, 2.24) is 0 Å². The van der Waals surface area contributed by atoms with Crippen molar-refractivity contribution in [2.24, 2.45) is 0 Å². The van der Waals surface area contributed by atoms with Crippen molar-refractivity contribution in [1.29, 1.82) is 0 Å². The molecule has 0 atom stereocenters. The van der Waals surface area contributed by atoms with Crippen LogP contribution in [0.2, 0.25) is 0 Å². The van der Waals surface area contributed by atoms with Crippen molar-refractivity contribution in [3.8, 4) is 16.9 Å². The normalized spacial score (nSPS) is 13.9. The number of aliphatic carboxylic acids is 1. The first-order valence-corrected chi connectivity index (χ1v) is 11.5. The van der Waals surface area contributed by atoms with Crippen LogP contribution in [0, 0.1) is 0 Å². The molecule has 160 valence electrons. The van der Waals surface area contributed by atoms with Crippen molar-refractivity contribution in [3.63, 3.8) is 0 Å². The quantitative estimate of drug-likeness (QED) is 0.644. The fourth-order valence-electron chi connectivity index (χ4n) is 3.30. The van der Waals surface area contributed by atoms with Gasteiger partial charge in [-0.15, -0.1) is 0 Å². The van der Waals surface area contributed by atoms with Crippen LogP contribution in [0.1, 0.15) is 18.9 Å². The molecule has 0 spiro atoms. The first kappa shape index (κ1) is 21.9. The highest BCUT2D eigenvalue weighted by atomic mass is 32.2. The molecule has 8 heteroatoms. The molecule has 7 nitrogen and oxygen atoms in total. The summed E-state index contributed by atoms with van der Waals surface area (Å²) in [5.41, 5.74) is 2.98. The minimum Gasteiger partial charge on any atom is -0.491 e. The third-order valence-electron chi connectivity index (χ3n) is 4.77. The minimum absolute atomic E-state index is 0.0943. The molecule has 0 fully saturated rings. The number of benzene rings is 2. The first-order chi connectivity index (χ1) is 14.3. The van der Waals surface area contributed by atoms with Crippen molar-refractivity contribution in [3.05, 3.63) is 53.6 Å². The van der Waals surface area contributed by atoms with E-state index in [4.69, 9.17) is 9.47 Å². The number of rotatable bonds is 8. The topological polar surface area (TPSA) is 93.1 Å². The van der Waals surface area contributed by atoms with Crippen molar-refractivity contribution >= 4 is 27.8 Å². The SMILES string of the molecule is CCOCCOc1ccc(-c2ccc3c(c2)C=C(C(=O)O)CCN3S(C)(=O)=O)cc1. The summed E-state index contributed by atoms with van der Waals surface area (Å²) in [4.78, 5) is 11.5. The molecule has 30 heavy (non-hydrogen) atoms. The van der Waals surface area contributed by atoms with Crippen LogP contribution in [0.5, 0.6) is 5.75 Å². The Morgan fingerprint density at radius 1 is 1.10 bits per heavy atom. The van der Waals surface area contributed by atoms with Crippen LogP contribution < -0.4 is 9.04 Å². The van der Waals surface area contributed by atoms with Gasteiger partial charge in [0.05, 0.1) is 18.6 Å². The summed E-state index contributed by atoms with van der Waals surface area (Å²) in [6.45, 7) is 3.67. The van der Waals surface area contributed by atoms with E-state index < -0.39 is 16.0 Å². The Kier molecular flexibility index (Phi) is 6.79. The second-order valence-electron chi connectivity index (χ2n) is 6.90. The molecule has 0 aromatic heterocycles. The average molecular weight is 432 g/mol. The highest BCUT2D eigenvalue weighted by Gasteiger charge is 2.25. The number of ether oxygens (including phenoxy) is 2. The summed E-state index contributed by atoms with van der Waals surface area (Å²) < 4.78 is 36.6. The van der Waals surface area contributed by atoms with E-state index in [2.05, 4.69) is 0 Å². The second-order valence-corrected chi connectivity index (χ2v) is 8.81. The van der Waals surface area contributed by atoms with Crippen molar-refractivity contribution in [2.75, 3.05) is 36.9 Å². The van der Waals surface area contributed by atoms with E-state index in [1.807, 2.05) is 43.3 Å². The van der Waals surface area contributed by atoms with Gasteiger partial charge in [0.15, 0.2) is 0 Å². The number of carboxylic acid groups (broad SMARTS) is 1. The van der Waals surface area contributed by atoms with E-state index >= 15 is 0 Å². The van der Waals surface area contributed by atoms with E-state index in [-0.39, 0.29) is 18.5 Å². The Morgan fingerprint density at radius 2 is 1.80 bits per heavy atom. The lowest BCUT2D eigenvalue weighted by Gasteiger charge is -2.22. The summed E-state index contributed by atoms with van der Waals surface area (Å²) in [6.07, 6.45) is 2.82. The molecule has 1 aliphatic heterocycles. The molecule has 1 aliphatic rings. The van der Waals surface area contributed by atoms with Gasteiger partial charge in [0.25, 0.3) is 0 Å². The molecular weight excluding hydrogens is 406 g/mol. The molecule has 0 bridgehead atoms. The van der Waals surface area contributed by atoms with E-state index in [0.717, 1.165) is 23.1 Å². The first-order valence-electron chi connectivity index (χ1n) is 9.66. The summed E-state index contributed by atoms with van der Waals surface area (Å²) in [5, 5.41) is 9.44. The Labute approximate surface area is 176 Å². The summed E-state index contributed by atoms with van der Waals surface area (Å²) >= 11 is 0. The number of fused-ring (bicyclic) bond motifs is 1. The molecule has 1 N–H and O–H groups in total. The van der Waals surface area contributed by atoms with Gasteiger partial charge in [0, 0.05) is 18.7 Å². The number of hydrogen-bond donors (Lipinski definition) is 1. The van der Waals surface area contributed by atoms with E-state index in [1.165, 1.54) is 4.31 Å². The Bertz CT molecular complexity index is 1040. The number of nitrogens with zero attached hydrogens (tertiary/aromatic N) is 1. The van der Waals surface area contributed by atoms with E-state index in [9.17, 15) is 18.3 Å². The van der Waals surface area contributed by atoms with Crippen LogP contribution in [0.4, 0.5) is 5.69 Å². The summed E-state index contributed by atoms with van der Waals surface area (Å²) in [7, 11) is -3.53. The molecule has 0 saturated carbocycles.